The Bertz CT molecular complexity index is 463. The van der Waals surface area contributed by atoms with Gasteiger partial charge in [-0.15, -0.1) is 0 Å². The Hall–Kier alpha value is -2.64. The van der Waals surface area contributed by atoms with Gasteiger partial charge in [0, 0.05) is 6.07 Å². The second kappa shape index (κ2) is 4.73. The maximum atomic E-state index is 10.6. The zero-order chi connectivity index (χ0) is 12.1. The summed E-state index contributed by atoms with van der Waals surface area (Å²) >= 11 is 0. The molecule has 1 rings (SSSR count). The number of rotatable bonds is 2. The number of hydrogen-bond donors (Lipinski definition) is 3. The normalized spacial score (nSPS) is 10.9. The van der Waals surface area contributed by atoms with E-state index >= 15 is 0 Å². The molecule has 16 heavy (non-hydrogen) atoms. The molecule has 0 spiro atoms. The molecule has 0 aliphatic rings. The lowest BCUT2D eigenvalue weighted by Crippen LogP contribution is -2.26. The van der Waals surface area contributed by atoms with E-state index in [4.69, 9.17) is 17.2 Å². The van der Waals surface area contributed by atoms with Crippen molar-refractivity contribution in [3.63, 3.8) is 0 Å². The fourth-order valence-electron chi connectivity index (χ4n) is 0.994. The molecule has 0 aromatic heterocycles. The topological polar surface area (TPSA) is 146 Å². The molecule has 1 aromatic rings. The molecule has 0 aliphatic carbocycles. The standard InChI is InChI=1S/C8H10N6O2/c9-7(10)13-8(11)12-5-3-1-2-4-6(5)14(15)16/h1-4H,(H6,9,10,11,12,13). The molecule has 0 amide bonds. The Labute approximate surface area is 90.6 Å². The summed E-state index contributed by atoms with van der Waals surface area (Å²) in [6.45, 7) is 0. The first-order valence-electron chi connectivity index (χ1n) is 4.18. The van der Waals surface area contributed by atoms with E-state index in [1.54, 1.807) is 6.07 Å². The van der Waals surface area contributed by atoms with Crippen LogP contribution in [0.15, 0.2) is 34.3 Å². The van der Waals surface area contributed by atoms with E-state index in [0.29, 0.717) is 0 Å². The van der Waals surface area contributed by atoms with Crippen LogP contribution in [0.3, 0.4) is 0 Å². The fraction of sp³-hybridized carbons (Fsp3) is 0. The van der Waals surface area contributed by atoms with Gasteiger partial charge in [0.05, 0.1) is 4.92 Å². The number of hydrogen-bond acceptors (Lipinski definition) is 3. The van der Waals surface area contributed by atoms with Gasteiger partial charge in [0.1, 0.15) is 5.69 Å². The van der Waals surface area contributed by atoms with Crippen LogP contribution in [0.5, 0.6) is 0 Å². The fourth-order valence-corrected chi connectivity index (χ4v) is 0.994. The summed E-state index contributed by atoms with van der Waals surface area (Å²) in [5.41, 5.74) is 15.4. The Kier molecular flexibility index (Phi) is 3.38. The van der Waals surface area contributed by atoms with E-state index in [1.807, 2.05) is 0 Å². The first-order chi connectivity index (χ1) is 7.50. The van der Waals surface area contributed by atoms with Gasteiger partial charge in [0.2, 0.25) is 5.96 Å². The third-order valence-electron chi connectivity index (χ3n) is 1.56. The zero-order valence-corrected chi connectivity index (χ0v) is 8.20. The third-order valence-corrected chi connectivity index (χ3v) is 1.56. The van der Waals surface area contributed by atoms with Crippen molar-refractivity contribution in [3.05, 3.63) is 34.4 Å². The van der Waals surface area contributed by atoms with Crippen molar-refractivity contribution in [3.8, 4) is 0 Å². The summed E-state index contributed by atoms with van der Waals surface area (Å²) in [5, 5.41) is 10.6. The summed E-state index contributed by atoms with van der Waals surface area (Å²) in [7, 11) is 0. The molecule has 0 aliphatic heterocycles. The number of nitro groups is 1. The van der Waals surface area contributed by atoms with Crippen LogP contribution in [0.2, 0.25) is 0 Å². The van der Waals surface area contributed by atoms with Crippen LogP contribution in [0.25, 0.3) is 0 Å². The minimum Gasteiger partial charge on any atom is -0.370 e. The van der Waals surface area contributed by atoms with Gasteiger partial charge >= 0.3 is 0 Å². The lowest BCUT2D eigenvalue weighted by Gasteiger charge is -1.97. The minimum atomic E-state index is -0.568. The van der Waals surface area contributed by atoms with E-state index in [2.05, 4.69) is 9.98 Å². The Morgan fingerprint density at radius 2 is 1.88 bits per heavy atom. The van der Waals surface area contributed by atoms with Crippen LogP contribution in [-0.2, 0) is 0 Å². The summed E-state index contributed by atoms with van der Waals surface area (Å²) < 4.78 is 0. The molecular weight excluding hydrogens is 212 g/mol. The number of nitrogens with two attached hydrogens (primary N) is 3. The highest BCUT2D eigenvalue weighted by atomic mass is 16.6. The van der Waals surface area contributed by atoms with E-state index in [-0.39, 0.29) is 23.3 Å². The van der Waals surface area contributed by atoms with Crippen LogP contribution < -0.4 is 17.2 Å². The monoisotopic (exact) mass is 222 g/mol. The molecule has 0 saturated heterocycles. The average molecular weight is 222 g/mol. The number of nitro benzene ring substituents is 1. The summed E-state index contributed by atoms with van der Waals surface area (Å²) in [6, 6.07) is 5.86. The highest BCUT2D eigenvalue weighted by Crippen LogP contribution is 2.25. The maximum absolute atomic E-state index is 10.6. The molecular formula is C8H10N6O2. The van der Waals surface area contributed by atoms with Gasteiger partial charge in [-0.05, 0) is 6.07 Å². The van der Waals surface area contributed by atoms with Gasteiger partial charge in [-0.2, -0.15) is 4.99 Å². The Balaban J connectivity index is 3.15. The highest BCUT2D eigenvalue weighted by Gasteiger charge is 2.11. The lowest BCUT2D eigenvalue weighted by atomic mass is 10.3. The van der Waals surface area contributed by atoms with Gasteiger partial charge in [-0.25, -0.2) is 4.99 Å². The maximum Gasteiger partial charge on any atom is 0.294 e. The predicted molar refractivity (Wildman–Crippen MR) is 60.2 cm³/mol. The lowest BCUT2D eigenvalue weighted by molar-refractivity contribution is -0.384. The van der Waals surface area contributed by atoms with Crippen LogP contribution >= 0.6 is 0 Å². The molecule has 0 atom stereocenters. The van der Waals surface area contributed by atoms with Crippen LogP contribution in [-0.4, -0.2) is 16.8 Å². The van der Waals surface area contributed by atoms with E-state index in [1.165, 1.54) is 18.2 Å². The molecule has 0 bridgehead atoms. The summed E-state index contributed by atoms with van der Waals surface area (Å²) in [4.78, 5) is 17.2. The molecule has 8 nitrogen and oxygen atoms in total. The highest BCUT2D eigenvalue weighted by molar-refractivity contribution is 5.94. The van der Waals surface area contributed by atoms with Crippen molar-refractivity contribution in [1.82, 2.24) is 0 Å². The van der Waals surface area contributed by atoms with Gasteiger partial charge < -0.3 is 17.2 Å². The van der Waals surface area contributed by atoms with Gasteiger partial charge in [0.15, 0.2) is 5.96 Å². The van der Waals surface area contributed by atoms with Crippen molar-refractivity contribution in [2.45, 2.75) is 0 Å². The van der Waals surface area contributed by atoms with Crippen LogP contribution in [0, 0.1) is 10.1 Å². The third kappa shape index (κ3) is 2.94. The quantitative estimate of drug-likeness (QED) is 0.275. The van der Waals surface area contributed by atoms with Crippen molar-refractivity contribution in [1.29, 1.82) is 0 Å². The molecule has 0 saturated carbocycles. The molecule has 84 valence electrons. The average Bonchev–Trinajstić information content (AvgIpc) is 2.16. The molecule has 0 fully saturated rings. The van der Waals surface area contributed by atoms with Gasteiger partial charge in [0.25, 0.3) is 5.69 Å². The van der Waals surface area contributed by atoms with Crippen molar-refractivity contribution in [2.24, 2.45) is 27.2 Å². The summed E-state index contributed by atoms with van der Waals surface area (Å²) in [5.74, 6) is -0.505. The van der Waals surface area contributed by atoms with Gasteiger partial charge in [-0.1, -0.05) is 12.1 Å². The first kappa shape index (κ1) is 11.4. The van der Waals surface area contributed by atoms with Crippen molar-refractivity contribution < 1.29 is 4.92 Å². The molecule has 6 N–H and O–H groups in total. The molecule has 0 unspecified atom stereocenters. The largest absolute Gasteiger partial charge is 0.370 e. The van der Waals surface area contributed by atoms with Crippen LogP contribution in [0.4, 0.5) is 11.4 Å². The number of benzene rings is 1. The van der Waals surface area contributed by atoms with Gasteiger partial charge in [-0.3, -0.25) is 10.1 Å². The number of guanidine groups is 2. The Morgan fingerprint density at radius 3 is 2.44 bits per heavy atom. The number of para-hydroxylation sites is 2. The second-order valence-electron chi connectivity index (χ2n) is 2.75. The van der Waals surface area contributed by atoms with E-state index in [9.17, 15) is 10.1 Å². The Morgan fingerprint density at radius 1 is 1.25 bits per heavy atom. The van der Waals surface area contributed by atoms with Crippen molar-refractivity contribution in [2.75, 3.05) is 0 Å². The van der Waals surface area contributed by atoms with E-state index in [0.717, 1.165) is 0 Å². The molecule has 8 heteroatoms. The van der Waals surface area contributed by atoms with Crippen molar-refractivity contribution >= 4 is 23.3 Å². The zero-order valence-electron chi connectivity index (χ0n) is 8.20. The number of nitrogens with zero attached hydrogens (tertiary/aromatic N) is 3. The number of aliphatic imine (C=N–C) groups is 2. The van der Waals surface area contributed by atoms with Crippen LogP contribution in [0.1, 0.15) is 0 Å². The first-order valence-corrected chi connectivity index (χ1v) is 4.18. The predicted octanol–water partition coefficient (Wildman–Crippen LogP) is -0.186. The SMILES string of the molecule is NC(N)=NC(N)=Nc1ccccc1[N+](=O)[O-]. The second-order valence-corrected chi connectivity index (χ2v) is 2.75. The summed E-state index contributed by atoms with van der Waals surface area (Å²) in [6.07, 6.45) is 0. The molecule has 0 heterocycles. The van der Waals surface area contributed by atoms with E-state index < -0.39 is 4.92 Å². The molecule has 1 aromatic carbocycles. The minimum absolute atomic E-state index is 0.0926. The smallest absolute Gasteiger partial charge is 0.294 e. The molecule has 0 radical (unpaired) electrons.